The predicted molar refractivity (Wildman–Crippen MR) is 103 cm³/mol. The molecule has 0 saturated heterocycles. The number of aromatic nitrogens is 2. The van der Waals surface area contributed by atoms with Crippen LogP contribution in [-0.4, -0.2) is 42.2 Å². The lowest BCUT2D eigenvalue weighted by molar-refractivity contribution is -0.117. The molecule has 2 rings (SSSR count). The first-order valence-corrected chi connectivity index (χ1v) is 11.1. The highest BCUT2D eigenvalue weighted by molar-refractivity contribution is 9.10. The van der Waals surface area contributed by atoms with Gasteiger partial charge in [-0.05, 0) is 42.7 Å². The molecule has 2 N–H and O–H groups in total. The fourth-order valence-electron chi connectivity index (χ4n) is 2.04. The molecule has 10 heteroatoms. The Bertz CT molecular complexity index is 822. The zero-order valence-corrected chi connectivity index (χ0v) is 17.0. The summed E-state index contributed by atoms with van der Waals surface area (Å²) in [6.07, 6.45) is 3.96. The van der Waals surface area contributed by atoms with E-state index in [2.05, 4.69) is 31.1 Å². The van der Waals surface area contributed by atoms with Gasteiger partial charge in [0.25, 0.3) is 0 Å². The second-order valence-electron chi connectivity index (χ2n) is 5.27. The van der Waals surface area contributed by atoms with Crippen LogP contribution in [0.5, 0.6) is 0 Å². The quantitative estimate of drug-likeness (QED) is 0.648. The molecule has 1 aromatic heterocycles. The second-order valence-corrected chi connectivity index (χ2v) is 8.89. The highest BCUT2D eigenvalue weighted by Gasteiger charge is 2.26. The Labute approximate surface area is 159 Å². The molecule has 0 unspecified atom stereocenters. The number of sulfonamides is 1. The summed E-state index contributed by atoms with van der Waals surface area (Å²) in [5.74, 6) is 0.585. The van der Waals surface area contributed by atoms with Crippen molar-refractivity contribution < 1.29 is 13.2 Å². The van der Waals surface area contributed by atoms with Crippen molar-refractivity contribution in [3.05, 3.63) is 41.0 Å². The summed E-state index contributed by atoms with van der Waals surface area (Å²) in [4.78, 5) is 12.6. The van der Waals surface area contributed by atoms with Crippen LogP contribution in [0.4, 0.5) is 5.82 Å². The third-order valence-electron chi connectivity index (χ3n) is 3.31. The van der Waals surface area contributed by atoms with E-state index in [1.807, 2.05) is 6.26 Å². The Morgan fingerprint density at radius 2 is 2.00 bits per heavy atom. The van der Waals surface area contributed by atoms with E-state index in [-0.39, 0.29) is 4.90 Å². The van der Waals surface area contributed by atoms with Crippen molar-refractivity contribution in [3.63, 3.8) is 0 Å². The van der Waals surface area contributed by atoms with E-state index in [0.717, 1.165) is 4.47 Å². The number of halogens is 1. The molecular weight excluding hydrogens is 428 g/mol. The van der Waals surface area contributed by atoms with Gasteiger partial charge in [0.1, 0.15) is 6.04 Å². The van der Waals surface area contributed by atoms with E-state index < -0.39 is 22.0 Å². The monoisotopic (exact) mass is 446 g/mol. The van der Waals surface area contributed by atoms with Gasteiger partial charge >= 0.3 is 0 Å². The summed E-state index contributed by atoms with van der Waals surface area (Å²) < 4.78 is 29.9. The molecule has 0 aliphatic carbocycles. The molecule has 1 amide bonds. The standard InChI is InChI=1S/C15H19BrN4O3S2/c1-20-9-7-14(18-20)17-15(21)13(8-10-24-2)19-25(22,23)12-5-3-11(16)4-6-12/h3-7,9,13,19H,8,10H2,1-2H3,(H,17,18,21)/t13-/m1/s1. The average molecular weight is 447 g/mol. The molecule has 136 valence electrons. The SMILES string of the molecule is CSCC[C@@H](NS(=O)(=O)c1ccc(Br)cc1)C(=O)Nc1ccn(C)n1. The van der Waals surface area contributed by atoms with Crippen molar-refractivity contribution in [1.29, 1.82) is 0 Å². The van der Waals surface area contributed by atoms with Crippen molar-refractivity contribution in [2.45, 2.75) is 17.4 Å². The fraction of sp³-hybridized carbons (Fsp3) is 0.333. The molecule has 7 nitrogen and oxygen atoms in total. The highest BCUT2D eigenvalue weighted by Crippen LogP contribution is 2.16. The van der Waals surface area contributed by atoms with Gasteiger partial charge in [0.05, 0.1) is 4.90 Å². The highest BCUT2D eigenvalue weighted by atomic mass is 79.9. The molecule has 0 fully saturated rings. The summed E-state index contributed by atoms with van der Waals surface area (Å²) in [5.41, 5.74) is 0. The maximum absolute atomic E-state index is 12.5. The van der Waals surface area contributed by atoms with E-state index in [4.69, 9.17) is 0 Å². The second kappa shape index (κ2) is 8.84. The van der Waals surface area contributed by atoms with Crippen LogP contribution >= 0.6 is 27.7 Å². The van der Waals surface area contributed by atoms with Crippen LogP contribution < -0.4 is 10.0 Å². The first-order chi connectivity index (χ1) is 11.8. The molecular formula is C15H19BrN4O3S2. The average Bonchev–Trinajstić information content (AvgIpc) is 2.96. The molecule has 0 saturated carbocycles. The number of hydrogen-bond donors (Lipinski definition) is 2. The normalized spacial score (nSPS) is 12.8. The number of nitrogens with one attached hydrogen (secondary N) is 2. The topological polar surface area (TPSA) is 93.1 Å². The number of rotatable bonds is 8. The van der Waals surface area contributed by atoms with E-state index in [1.165, 1.54) is 12.1 Å². The lowest BCUT2D eigenvalue weighted by Gasteiger charge is -2.17. The smallest absolute Gasteiger partial charge is 0.243 e. The van der Waals surface area contributed by atoms with Gasteiger partial charge in [0.2, 0.25) is 15.9 Å². The van der Waals surface area contributed by atoms with Gasteiger partial charge in [0.15, 0.2) is 5.82 Å². The maximum Gasteiger partial charge on any atom is 0.243 e. The number of nitrogens with zero attached hydrogens (tertiary/aromatic N) is 2. The fourth-order valence-corrected chi connectivity index (χ4v) is 4.01. The van der Waals surface area contributed by atoms with Crippen LogP contribution in [-0.2, 0) is 21.9 Å². The van der Waals surface area contributed by atoms with Gasteiger partial charge < -0.3 is 5.32 Å². The Balaban J connectivity index is 2.15. The van der Waals surface area contributed by atoms with Gasteiger partial charge in [-0.1, -0.05) is 15.9 Å². The molecule has 0 aliphatic heterocycles. The van der Waals surface area contributed by atoms with Crippen LogP contribution in [0.3, 0.4) is 0 Å². The minimum Gasteiger partial charge on any atom is -0.308 e. The number of hydrogen-bond acceptors (Lipinski definition) is 5. The van der Waals surface area contributed by atoms with Crippen molar-refractivity contribution in [1.82, 2.24) is 14.5 Å². The molecule has 0 radical (unpaired) electrons. The van der Waals surface area contributed by atoms with E-state index in [9.17, 15) is 13.2 Å². The van der Waals surface area contributed by atoms with Gasteiger partial charge in [-0.3, -0.25) is 9.48 Å². The summed E-state index contributed by atoms with van der Waals surface area (Å²) >= 11 is 4.81. The first kappa shape index (κ1) is 20.0. The first-order valence-electron chi connectivity index (χ1n) is 7.39. The maximum atomic E-state index is 12.5. The molecule has 1 aromatic carbocycles. The molecule has 1 atom stereocenters. The summed E-state index contributed by atoms with van der Waals surface area (Å²) in [5, 5.41) is 6.72. The number of carbonyl (C=O) groups is 1. The number of carbonyl (C=O) groups excluding carboxylic acids is 1. The lowest BCUT2D eigenvalue weighted by Crippen LogP contribution is -2.44. The molecule has 0 aliphatic rings. The Morgan fingerprint density at radius 1 is 1.32 bits per heavy atom. The molecule has 1 heterocycles. The van der Waals surface area contributed by atoms with E-state index >= 15 is 0 Å². The number of anilines is 1. The van der Waals surface area contributed by atoms with E-state index in [1.54, 1.807) is 47.9 Å². The summed E-state index contributed by atoms with van der Waals surface area (Å²) in [7, 11) is -2.07. The minimum absolute atomic E-state index is 0.107. The molecule has 25 heavy (non-hydrogen) atoms. The molecule has 0 spiro atoms. The van der Waals surface area contributed by atoms with Gasteiger partial charge in [0, 0.05) is 23.8 Å². The Hall–Kier alpha value is -1.36. The van der Waals surface area contributed by atoms with Crippen LogP contribution in [0.2, 0.25) is 0 Å². The minimum atomic E-state index is -3.81. The number of amides is 1. The zero-order valence-electron chi connectivity index (χ0n) is 13.8. The van der Waals surface area contributed by atoms with Crippen LogP contribution in [0, 0.1) is 0 Å². The van der Waals surface area contributed by atoms with Crippen molar-refractivity contribution in [2.75, 3.05) is 17.3 Å². The largest absolute Gasteiger partial charge is 0.308 e. The van der Waals surface area contributed by atoms with Crippen LogP contribution in [0.25, 0.3) is 0 Å². The van der Waals surface area contributed by atoms with Crippen molar-refractivity contribution in [3.8, 4) is 0 Å². The van der Waals surface area contributed by atoms with Gasteiger partial charge in [-0.2, -0.15) is 21.6 Å². The van der Waals surface area contributed by atoms with Crippen molar-refractivity contribution >= 4 is 49.4 Å². The number of aryl methyl sites for hydroxylation is 1. The predicted octanol–water partition coefficient (Wildman–Crippen LogP) is 2.22. The number of benzene rings is 1. The molecule has 2 aromatic rings. The van der Waals surface area contributed by atoms with Crippen LogP contribution in [0.15, 0.2) is 45.9 Å². The zero-order chi connectivity index (χ0) is 18.4. The van der Waals surface area contributed by atoms with Crippen LogP contribution in [0.1, 0.15) is 6.42 Å². The number of thioether (sulfide) groups is 1. The Kier molecular flexibility index (Phi) is 7.05. The lowest BCUT2D eigenvalue weighted by atomic mass is 10.2. The van der Waals surface area contributed by atoms with Gasteiger partial charge in [-0.25, -0.2) is 8.42 Å². The van der Waals surface area contributed by atoms with Gasteiger partial charge in [-0.15, -0.1) is 0 Å². The Morgan fingerprint density at radius 3 is 2.56 bits per heavy atom. The third-order valence-corrected chi connectivity index (χ3v) is 5.97. The summed E-state index contributed by atoms with van der Waals surface area (Å²) in [6.45, 7) is 0. The van der Waals surface area contributed by atoms with E-state index in [0.29, 0.717) is 18.0 Å². The summed E-state index contributed by atoms with van der Waals surface area (Å²) in [6, 6.07) is 7.00. The van der Waals surface area contributed by atoms with Crippen molar-refractivity contribution in [2.24, 2.45) is 7.05 Å². The molecule has 0 bridgehead atoms. The third kappa shape index (κ3) is 5.84.